The minimum Gasteiger partial charge on any atom is -0.462 e. The highest BCUT2D eigenvalue weighted by molar-refractivity contribution is 6.05. The minimum atomic E-state index is -0.218. The molecule has 150 valence electrons. The molecule has 3 nitrogen and oxygen atoms in total. The largest absolute Gasteiger partial charge is 0.462 e. The summed E-state index contributed by atoms with van der Waals surface area (Å²) in [5.74, 6) is 3.70. The lowest BCUT2D eigenvalue weighted by atomic mass is 9.48. The van der Waals surface area contributed by atoms with E-state index in [4.69, 9.17) is 4.42 Å². The van der Waals surface area contributed by atoms with Gasteiger partial charge in [0.2, 0.25) is 0 Å². The molecule has 5 rings (SSSR count). The molecule has 3 fully saturated rings. The zero-order chi connectivity index (χ0) is 19.7. The first-order valence-electron chi connectivity index (χ1n) is 11.0. The standard InChI is InChI=1S/C25H32O3/c1-15-4-6-19(28-15)12-16-13-22-20-7-5-17-14-18(26)8-10-24(17,2)21(20)9-11-25(22,3)23(16)27/h4-6,12,18,20-22,26H,7-11,13-14H2,1-3H3/b16-12+/t18-,20-,21+,22+,24-,25-/m0/s1. The van der Waals surface area contributed by atoms with Gasteiger partial charge in [-0.25, -0.2) is 0 Å². The predicted octanol–water partition coefficient (Wildman–Crippen LogP) is 5.47. The lowest BCUT2D eigenvalue weighted by molar-refractivity contribution is -0.130. The number of carbonyl (C=O) groups excluding carboxylic acids is 1. The number of ketones is 1. The maximum absolute atomic E-state index is 13.4. The minimum absolute atomic E-state index is 0.163. The number of fused-ring (bicyclic) bond motifs is 5. The van der Waals surface area contributed by atoms with Crippen LogP contribution in [0.1, 0.15) is 70.3 Å². The second kappa shape index (κ2) is 6.19. The molecule has 0 aromatic carbocycles. The molecule has 4 aliphatic rings. The van der Waals surface area contributed by atoms with Crippen molar-refractivity contribution in [3.05, 3.63) is 40.9 Å². The Balaban J connectivity index is 1.48. The molecule has 1 aromatic heterocycles. The normalized spacial score (nSPS) is 44.1. The molecular weight excluding hydrogens is 348 g/mol. The number of aryl methyl sites for hydroxylation is 1. The first-order chi connectivity index (χ1) is 13.3. The molecule has 0 saturated heterocycles. The van der Waals surface area contributed by atoms with Gasteiger partial charge in [0.1, 0.15) is 11.5 Å². The molecule has 3 heteroatoms. The third-order valence-corrected chi connectivity index (χ3v) is 8.80. The van der Waals surface area contributed by atoms with Crippen molar-refractivity contribution >= 4 is 11.9 Å². The Labute approximate surface area is 167 Å². The van der Waals surface area contributed by atoms with E-state index in [9.17, 15) is 9.90 Å². The quantitative estimate of drug-likeness (QED) is 0.519. The highest BCUT2D eigenvalue weighted by Gasteiger charge is 2.59. The van der Waals surface area contributed by atoms with Crippen molar-refractivity contribution in [2.75, 3.05) is 0 Å². The molecule has 1 aromatic rings. The van der Waals surface area contributed by atoms with Crippen molar-refractivity contribution < 1.29 is 14.3 Å². The molecule has 3 saturated carbocycles. The summed E-state index contributed by atoms with van der Waals surface area (Å²) in [6.07, 6.45) is 11.2. The molecule has 0 spiro atoms. The van der Waals surface area contributed by atoms with Crippen LogP contribution in [0.5, 0.6) is 0 Å². The van der Waals surface area contributed by atoms with E-state index < -0.39 is 0 Å². The van der Waals surface area contributed by atoms with E-state index in [2.05, 4.69) is 19.9 Å². The molecule has 0 amide bonds. The van der Waals surface area contributed by atoms with Crippen molar-refractivity contribution in [2.24, 2.45) is 28.6 Å². The van der Waals surface area contributed by atoms with Crippen LogP contribution in [0.3, 0.4) is 0 Å². The summed E-state index contributed by atoms with van der Waals surface area (Å²) in [6.45, 7) is 6.60. The van der Waals surface area contributed by atoms with Gasteiger partial charge in [0.25, 0.3) is 0 Å². The molecule has 0 bridgehead atoms. The van der Waals surface area contributed by atoms with Crippen molar-refractivity contribution in [3.63, 3.8) is 0 Å². The average molecular weight is 381 g/mol. The summed E-state index contributed by atoms with van der Waals surface area (Å²) in [5.41, 5.74) is 2.45. The second-order valence-electron chi connectivity index (χ2n) is 10.3. The van der Waals surface area contributed by atoms with Crippen LogP contribution in [0, 0.1) is 35.5 Å². The van der Waals surface area contributed by atoms with Crippen LogP contribution < -0.4 is 0 Å². The molecule has 4 aliphatic carbocycles. The maximum atomic E-state index is 13.4. The van der Waals surface area contributed by atoms with E-state index in [1.165, 1.54) is 5.57 Å². The fraction of sp³-hybridized carbons (Fsp3) is 0.640. The van der Waals surface area contributed by atoms with Crippen LogP contribution in [0.4, 0.5) is 0 Å². The summed E-state index contributed by atoms with van der Waals surface area (Å²) in [5, 5.41) is 10.2. The first-order valence-corrected chi connectivity index (χ1v) is 11.0. The third kappa shape index (κ3) is 2.55. The predicted molar refractivity (Wildman–Crippen MR) is 110 cm³/mol. The Bertz CT molecular complexity index is 874. The van der Waals surface area contributed by atoms with E-state index in [-0.39, 0.29) is 16.9 Å². The molecule has 1 heterocycles. The van der Waals surface area contributed by atoms with Crippen LogP contribution in [0.2, 0.25) is 0 Å². The van der Waals surface area contributed by atoms with Gasteiger partial charge in [0, 0.05) is 5.41 Å². The Hall–Kier alpha value is -1.61. The van der Waals surface area contributed by atoms with Gasteiger partial charge in [0.05, 0.1) is 6.10 Å². The van der Waals surface area contributed by atoms with E-state index in [0.29, 0.717) is 23.5 Å². The highest BCUT2D eigenvalue weighted by atomic mass is 16.3. The number of hydrogen-bond donors (Lipinski definition) is 1. The third-order valence-electron chi connectivity index (χ3n) is 8.80. The van der Waals surface area contributed by atoms with Crippen LogP contribution in [0.15, 0.2) is 33.8 Å². The van der Waals surface area contributed by atoms with E-state index in [0.717, 1.165) is 62.0 Å². The van der Waals surface area contributed by atoms with Crippen molar-refractivity contribution in [3.8, 4) is 0 Å². The lowest BCUT2D eigenvalue weighted by Crippen LogP contribution is -2.50. The second-order valence-corrected chi connectivity index (χ2v) is 10.3. The molecule has 1 N–H and O–H groups in total. The van der Waals surface area contributed by atoms with E-state index >= 15 is 0 Å². The SMILES string of the molecule is Cc1ccc(/C=C2\C[C@@H]3[C@H]4CC=C5C[C@@H](O)CC[C@]5(C)[C@@H]4CC[C@]3(C)C2=O)o1. The van der Waals surface area contributed by atoms with Gasteiger partial charge < -0.3 is 9.52 Å². The van der Waals surface area contributed by atoms with Gasteiger partial charge >= 0.3 is 0 Å². The summed E-state index contributed by atoms with van der Waals surface area (Å²) in [4.78, 5) is 13.4. The van der Waals surface area contributed by atoms with Crippen molar-refractivity contribution in [1.82, 2.24) is 0 Å². The van der Waals surface area contributed by atoms with Gasteiger partial charge in [-0.3, -0.25) is 4.79 Å². The number of Topliss-reactive ketones (excluding diaryl/α,β-unsaturated/α-hetero) is 1. The zero-order valence-corrected chi connectivity index (χ0v) is 17.3. The van der Waals surface area contributed by atoms with Crippen LogP contribution in [0.25, 0.3) is 6.08 Å². The number of furan rings is 1. The van der Waals surface area contributed by atoms with Gasteiger partial charge in [0.15, 0.2) is 5.78 Å². The van der Waals surface area contributed by atoms with Crippen molar-refractivity contribution in [1.29, 1.82) is 0 Å². The van der Waals surface area contributed by atoms with Crippen molar-refractivity contribution in [2.45, 2.75) is 71.8 Å². The summed E-state index contributed by atoms with van der Waals surface area (Å²) < 4.78 is 5.72. The molecule has 6 atom stereocenters. The molecule has 28 heavy (non-hydrogen) atoms. The maximum Gasteiger partial charge on any atom is 0.165 e. The fourth-order valence-corrected chi connectivity index (χ4v) is 7.14. The van der Waals surface area contributed by atoms with Crippen LogP contribution in [-0.4, -0.2) is 17.0 Å². The van der Waals surface area contributed by atoms with Crippen LogP contribution in [-0.2, 0) is 4.79 Å². The van der Waals surface area contributed by atoms with Gasteiger partial charge in [-0.05, 0) is 98.8 Å². The Morgan fingerprint density at radius 2 is 1.89 bits per heavy atom. The molecular formula is C25H32O3. The number of aliphatic hydroxyl groups is 1. The topological polar surface area (TPSA) is 50.4 Å². The molecule has 0 unspecified atom stereocenters. The number of hydrogen-bond acceptors (Lipinski definition) is 3. The Morgan fingerprint density at radius 3 is 2.64 bits per heavy atom. The molecule has 0 aliphatic heterocycles. The summed E-state index contributed by atoms with van der Waals surface area (Å²) in [6, 6.07) is 3.93. The average Bonchev–Trinajstić information content (AvgIpc) is 3.18. The summed E-state index contributed by atoms with van der Waals surface area (Å²) >= 11 is 0. The van der Waals surface area contributed by atoms with E-state index in [1.54, 1.807) is 0 Å². The number of rotatable bonds is 1. The monoisotopic (exact) mass is 380 g/mol. The van der Waals surface area contributed by atoms with E-state index in [1.807, 2.05) is 25.1 Å². The van der Waals surface area contributed by atoms with Gasteiger partial charge in [-0.1, -0.05) is 25.5 Å². The lowest BCUT2D eigenvalue weighted by Gasteiger charge is -2.56. The first kappa shape index (κ1) is 18.4. The van der Waals surface area contributed by atoms with Gasteiger partial charge in [-0.2, -0.15) is 0 Å². The Kier molecular flexibility index (Phi) is 4.07. The number of allylic oxidation sites excluding steroid dienone is 2. The fourth-order valence-electron chi connectivity index (χ4n) is 7.14. The smallest absolute Gasteiger partial charge is 0.165 e. The molecule has 0 radical (unpaired) electrons. The number of aliphatic hydroxyl groups excluding tert-OH is 1. The van der Waals surface area contributed by atoms with Crippen LogP contribution >= 0.6 is 0 Å². The Morgan fingerprint density at radius 1 is 1.11 bits per heavy atom. The van der Waals surface area contributed by atoms with Gasteiger partial charge in [-0.15, -0.1) is 0 Å². The zero-order valence-electron chi connectivity index (χ0n) is 17.3. The summed E-state index contributed by atoms with van der Waals surface area (Å²) in [7, 11) is 0. The highest BCUT2D eigenvalue weighted by Crippen LogP contribution is 2.64. The number of carbonyl (C=O) groups is 1.